The van der Waals surface area contributed by atoms with E-state index < -0.39 is 0 Å². The number of hydrogen-bond acceptors (Lipinski definition) is 2. The van der Waals surface area contributed by atoms with Crippen molar-refractivity contribution in [3.05, 3.63) is 36.8 Å². The number of hydrogen-bond donors (Lipinski definition) is 0. The standard InChI is InChI=1S/C8H11NO.C2H6.C2H4/c1-3-4-5-8-6-7(2)9-10-8;2*1-2/h4-6H,3H2,1-2H3;1-2H3;1-2H2/b5-4+;;. The summed E-state index contributed by atoms with van der Waals surface area (Å²) in [5.74, 6) is 0.833. The maximum absolute atomic E-state index is 4.93. The molecule has 0 fully saturated rings. The summed E-state index contributed by atoms with van der Waals surface area (Å²) >= 11 is 0. The summed E-state index contributed by atoms with van der Waals surface area (Å²) in [5, 5.41) is 3.74. The molecule has 0 aromatic carbocycles. The molecule has 0 radical (unpaired) electrons. The first-order valence-electron chi connectivity index (χ1n) is 4.93. The van der Waals surface area contributed by atoms with E-state index in [1.54, 1.807) is 0 Å². The molecule has 1 heterocycles. The summed E-state index contributed by atoms with van der Waals surface area (Å²) < 4.78 is 4.93. The Balaban J connectivity index is 0. The van der Waals surface area contributed by atoms with Crippen molar-refractivity contribution in [3.63, 3.8) is 0 Å². The van der Waals surface area contributed by atoms with Crippen LogP contribution in [0.3, 0.4) is 0 Å². The van der Waals surface area contributed by atoms with Crippen molar-refractivity contribution >= 4 is 6.08 Å². The number of rotatable bonds is 2. The summed E-state index contributed by atoms with van der Waals surface area (Å²) in [6, 6.07) is 1.91. The predicted molar refractivity (Wildman–Crippen MR) is 63.2 cm³/mol. The molecule has 2 nitrogen and oxygen atoms in total. The normalized spacial score (nSPS) is 8.57. The fourth-order valence-electron chi connectivity index (χ4n) is 0.696. The Morgan fingerprint density at radius 2 is 2.00 bits per heavy atom. The van der Waals surface area contributed by atoms with Crippen LogP contribution in [0.4, 0.5) is 0 Å². The van der Waals surface area contributed by atoms with Gasteiger partial charge in [-0.1, -0.05) is 32.0 Å². The Bertz CT molecular complexity index is 238. The maximum atomic E-state index is 4.93. The van der Waals surface area contributed by atoms with Crippen molar-refractivity contribution in [1.29, 1.82) is 0 Å². The minimum absolute atomic E-state index is 0.833. The summed E-state index contributed by atoms with van der Waals surface area (Å²) in [6.45, 7) is 14.0. The molecule has 2 heteroatoms. The molecule has 0 aliphatic rings. The third kappa shape index (κ3) is 7.35. The van der Waals surface area contributed by atoms with Crippen molar-refractivity contribution in [2.75, 3.05) is 0 Å². The van der Waals surface area contributed by atoms with E-state index in [0.29, 0.717) is 0 Å². The van der Waals surface area contributed by atoms with Crippen LogP contribution in [-0.4, -0.2) is 5.16 Å². The molecular formula is C12H21NO. The third-order valence-corrected chi connectivity index (χ3v) is 1.16. The van der Waals surface area contributed by atoms with E-state index in [1.807, 2.05) is 39.0 Å². The van der Waals surface area contributed by atoms with Crippen LogP contribution in [0.5, 0.6) is 0 Å². The van der Waals surface area contributed by atoms with E-state index in [1.165, 1.54) is 0 Å². The van der Waals surface area contributed by atoms with Gasteiger partial charge in [-0.2, -0.15) is 0 Å². The molecule has 1 aromatic heterocycles. The van der Waals surface area contributed by atoms with Crippen LogP contribution < -0.4 is 0 Å². The number of aryl methyl sites for hydroxylation is 1. The van der Waals surface area contributed by atoms with Gasteiger partial charge in [0.05, 0.1) is 5.69 Å². The molecule has 1 aromatic rings. The topological polar surface area (TPSA) is 26.0 Å². The molecule has 0 N–H and O–H groups in total. The fourth-order valence-corrected chi connectivity index (χ4v) is 0.696. The van der Waals surface area contributed by atoms with Crippen LogP contribution in [-0.2, 0) is 0 Å². The molecule has 14 heavy (non-hydrogen) atoms. The molecule has 0 bridgehead atoms. The molecular weight excluding hydrogens is 174 g/mol. The van der Waals surface area contributed by atoms with Crippen molar-refractivity contribution in [2.45, 2.75) is 34.1 Å². The Hall–Kier alpha value is -1.31. The van der Waals surface area contributed by atoms with Crippen LogP contribution in [0.1, 0.15) is 38.6 Å². The van der Waals surface area contributed by atoms with Gasteiger partial charge in [0.25, 0.3) is 0 Å². The number of allylic oxidation sites excluding steroid dienone is 1. The summed E-state index contributed by atoms with van der Waals surface area (Å²) in [4.78, 5) is 0. The van der Waals surface area contributed by atoms with E-state index in [0.717, 1.165) is 17.9 Å². The lowest BCUT2D eigenvalue weighted by Gasteiger charge is -1.77. The van der Waals surface area contributed by atoms with Crippen molar-refractivity contribution in [2.24, 2.45) is 0 Å². The van der Waals surface area contributed by atoms with Gasteiger partial charge in [-0.05, 0) is 19.4 Å². The molecule has 0 atom stereocenters. The Kier molecular flexibility index (Phi) is 12.7. The molecule has 0 aliphatic heterocycles. The van der Waals surface area contributed by atoms with Crippen molar-refractivity contribution < 1.29 is 4.52 Å². The van der Waals surface area contributed by atoms with Gasteiger partial charge >= 0.3 is 0 Å². The highest BCUT2D eigenvalue weighted by Crippen LogP contribution is 2.04. The molecule has 0 amide bonds. The highest BCUT2D eigenvalue weighted by Gasteiger charge is 1.92. The van der Waals surface area contributed by atoms with E-state index >= 15 is 0 Å². The van der Waals surface area contributed by atoms with Crippen molar-refractivity contribution in [1.82, 2.24) is 5.16 Å². The molecule has 1 rings (SSSR count). The van der Waals surface area contributed by atoms with Crippen LogP contribution in [0, 0.1) is 6.92 Å². The zero-order valence-corrected chi connectivity index (χ0v) is 9.71. The monoisotopic (exact) mass is 195 g/mol. The predicted octanol–water partition coefficient (Wildman–Crippen LogP) is 4.23. The highest BCUT2D eigenvalue weighted by atomic mass is 16.5. The van der Waals surface area contributed by atoms with Gasteiger partial charge in [-0.3, -0.25) is 0 Å². The SMILES string of the molecule is C=C.CC.CC/C=C/c1cc(C)no1. The third-order valence-electron chi connectivity index (χ3n) is 1.16. The first kappa shape index (κ1) is 15.2. The minimum atomic E-state index is 0.833. The summed E-state index contributed by atoms with van der Waals surface area (Å²) in [5.41, 5.74) is 0.927. The van der Waals surface area contributed by atoms with E-state index in [-0.39, 0.29) is 0 Å². The summed E-state index contributed by atoms with van der Waals surface area (Å²) in [6.07, 6.45) is 5.00. The lowest BCUT2D eigenvalue weighted by atomic mass is 10.3. The van der Waals surface area contributed by atoms with Gasteiger partial charge in [0.15, 0.2) is 5.76 Å². The average molecular weight is 195 g/mol. The first-order valence-corrected chi connectivity index (χ1v) is 4.93. The quantitative estimate of drug-likeness (QED) is 0.660. The zero-order valence-electron chi connectivity index (χ0n) is 9.71. The average Bonchev–Trinajstić information content (AvgIpc) is 2.67. The van der Waals surface area contributed by atoms with Gasteiger partial charge in [0, 0.05) is 6.07 Å². The second-order valence-corrected chi connectivity index (χ2v) is 2.18. The second kappa shape index (κ2) is 11.7. The Labute approximate surface area is 87.3 Å². The van der Waals surface area contributed by atoms with E-state index in [2.05, 4.69) is 25.2 Å². The fraction of sp³-hybridized carbons (Fsp3) is 0.417. The van der Waals surface area contributed by atoms with Gasteiger partial charge in [-0.15, -0.1) is 13.2 Å². The lowest BCUT2D eigenvalue weighted by Crippen LogP contribution is -1.60. The smallest absolute Gasteiger partial charge is 0.159 e. The largest absolute Gasteiger partial charge is 0.357 e. The molecule has 0 unspecified atom stereocenters. The Morgan fingerprint density at radius 1 is 1.43 bits per heavy atom. The zero-order chi connectivity index (χ0) is 11.4. The van der Waals surface area contributed by atoms with E-state index in [4.69, 9.17) is 4.52 Å². The van der Waals surface area contributed by atoms with Crippen molar-refractivity contribution in [3.8, 4) is 0 Å². The number of nitrogens with zero attached hydrogens (tertiary/aromatic N) is 1. The maximum Gasteiger partial charge on any atom is 0.159 e. The highest BCUT2D eigenvalue weighted by molar-refractivity contribution is 5.42. The van der Waals surface area contributed by atoms with Gasteiger partial charge < -0.3 is 4.52 Å². The van der Waals surface area contributed by atoms with E-state index in [9.17, 15) is 0 Å². The van der Waals surface area contributed by atoms with Crippen LogP contribution in [0.25, 0.3) is 6.08 Å². The molecule has 0 saturated carbocycles. The van der Waals surface area contributed by atoms with Gasteiger partial charge in [0.2, 0.25) is 0 Å². The first-order chi connectivity index (χ1) is 6.83. The van der Waals surface area contributed by atoms with Crippen LogP contribution >= 0.6 is 0 Å². The molecule has 0 aliphatic carbocycles. The van der Waals surface area contributed by atoms with Gasteiger partial charge in [-0.25, -0.2) is 0 Å². The second-order valence-electron chi connectivity index (χ2n) is 2.18. The number of aromatic nitrogens is 1. The Morgan fingerprint density at radius 3 is 2.36 bits per heavy atom. The molecule has 0 spiro atoms. The van der Waals surface area contributed by atoms with Crippen LogP contribution in [0.2, 0.25) is 0 Å². The minimum Gasteiger partial charge on any atom is -0.357 e. The lowest BCUT2D eigenvalue weighted by molar-refractivity contribution is 0.408. The van der Waals surface area contributed by atoms with Gasteiger partial charge in [0.1, 0.15) is 0 Å². The molecule has 80 valence electrons. The molecule has 0 saturated heterocycles. The van der Waals surface area contributed by atoms with Crippen LogP contribution in [0.15, 0.2) is 29.8 Å². The summed E-state index contributed by atoms with van der Waals surface area (Å²) in [7, 11) is 0.